The van der Waals surface area contributed by atoms with Gasteiger partial charge in [0.25, 0.3) is 5.91 Å². The molecule has 3 heterocycles. The van der Waals surface area contributed by atoms with E-state index in [4.69, 9.17) is 4.74 Å². The largest absolute Gasteiger partial charge is 0.476 e. The van der Waals surface area contributed by atoms with Gasteiger partial charge < -0.3 is 9.64 Å². The lowest BCUT2D eigenvalue weighted by molar-refractivity contribution is 0.0630. The van der Waals surface area contributed by atoms with Crippen molar-refractivity contribution in [3.05, 3.63) is 11.3 Å². The molecule has 2 aliphatic rings. The molecule has 20 heavy (non-hydrogen) atoms. The van der Waals surface area contributed by atoms with E-state index < -0.39 is 0 Å². The predicted molar refractivity (Wildman–Crippen MR) is 75.1 cm³/mol. The van der Waals surface area contributed by atoms with Crippen LogP contribution in [0.2, 0.25) is 0 Å². The van der Waals surface area contributed by atoms with E-state index in [1.54, 1.807) is 4.68 Å². The molecule has 0 spiro atoms. The van der Waals surface area contributed by atoms with Crippen molar-refractivity contribution in [2.45, 2.75) is 26.8 Å². The van der Waals surface area contributed by atoms with Crippen molar-refractivity contribution >= 4 is 5.91 Å². The highest BCUT2D eigenvalue weighted by atomic mass is 16.5. The van der Waals surface area contributed by atoms with Gasteiger partial charge in [-0.15, -0.1) is 0 Å². The fourth-order valence-electron chi connectivity index (χ4n) is 2.94. The highest BCUT2D eigenvalue weighted by molar-refractivity contribution is 5.94. The number of amides is 1. The van der Waals surface area contributed by atoms with Crippen molar-refractivity contribution in [2.75, 3.05) is 39.3 Å². The Balaban J connectivity index is 1.68. The fourth-order valence-corrected chi connectivity index (χ4v) is 2.94. The summed E-state index contributed by atoms with van der Waals surface area (Å²) in [5.74, 6) is 0.808. The Hall–Kier alpha value is -1.56. The Morgan fingerprint density at radius 2 is 2.00 bits per heavy atom. The summed E-state index contributed by atoms with van der Waals surface area (Å²) in [5.41, 5.74) is 1.44. The number of fused-ring (bicyclic) bond motifs is 1. The van der Waals surface area contributed by atoms with Crippen LogP contribution in [-0.4, -0.2) is 64.8 Å². The molecule has 6 nitrogen and oxygen atoms in total. The lowest BCUT2D eigenvalue weighted by Gasteiger charge is -2.34. The number of nitrogens with zero attached hydrogens (tertiary/aromatic N) is 4. The maximum atomic E-state index is 12.6. The molecule has 2 aliphatic heterocycles. The van der Waals surface area contributed by atoms with E-state index >= 15 is 0 Å². The second-order valence-electron chi connectivity index (χ2n) is 5.48. The van der Waals surface area contributed by atoms with Crippen LogP contribution >= 0.6 is 0 Å². The average Bonchev–Trinajstić information content (AvgIpc) is 3.03. The molecule has 3 rings (SSSR count). The maximum absolute atomic E-state index is 12.6. The topological polar surface area (TPSA) is 50.6 Å². The zero-order valence-electron chi connectivity index (χ0n) is 12.3. The van der Waals surface area contributed by atoms with Gasteiger partial charge in [0.1, 0.15) is 6.61 Å². The summed E-state index contributed by atoms with van der Waals surface area (Å²) in [7, 11) is 0. The minimum absolute atomic E-state index is 0.0455. The Morgan fingerprint density at radius 3 is 2.65 bits per heavy atom. The average molecular weight is 278 g/mol. The summed E-state index contributed by atoms with van der Waals surface area (Å²) < 4.78 is 7.32. The molecule has 0 unspecified atom stereocenters. The first kappa shape index (κ1) is 13.4. The lowest BCUT2D eigenvalue weighted by atomic mass is 10.2. The van der Waals surface area contributed by atoms with Crippen molar-refractivity contribution in [2.24, 2.45) is 0 Å². The Kier molecular flexibility index (Phi) is 3.65. The summed E-state index contributed by atoms with van der Waals surface area (Å²) in [6.07, 6.45) is 1.16. The molecule has 0 N–H and O–H groups in total. The van der Waals surface area contributed by atoms with Crippen molar-refractivity contribution < 1.29 is 9.53 Å². The zero-order chi connectivity index (χ0) is 14.1. The Morgan fingerprint density at radius 1 is 1.25 bits per heavy atom. The SMILES string of the molecule is CCCN1CCN(C(=O)c2nn3c(c2C)OCC3)CC1. The molecular formula is C14H22N4O2. The molecule has 110 valence electrons. The third kappa shape index (κ3) is 2.28. The van der Waals surface area contributed by atoms with Crippen LogP contribution in [0.4, 0.5) is 0 Å². The van der Waals surface area contributed by atoms with E-state index in [9.17, 15) is 4.79 Å². The van der Waals surface area contributed by atoms with E-state index in [1.807, 2.05) is 11.8 Å². The van der Waals surface area contributed by atoms with Crippen molar-refractivity contribution in [3.63, 3.8) is 0 Å². The van der Waals surface area contributed by atoms with Gasteiger partial charge >= 0.3 is 0 Å². The molecule has 1 fully saturated rings. The number of rotatable bonds is 3. The highest BCUT2D eigenvalue weighted by Gasteiger charge is 2.29. The summed E-state index contributed by atoms with van der Waals surface area (Å²) >= 11 is 0. The Bertz CT molecular complexity index is 504. The van der Waals surface area contributed by atoms with Crippen LogP contribution in [-0.2, 0) is 6.54 Å². The van der Waals surface area contributed by atoms with E-state index in [1.165, 1.54) is 0 Å². The molecule has 0 aliphatic carbocycles. The van der Waals surface area contributed by atoms with Crippen LogP contribution in [0.3, 0.4) is 0 Å². The number of hydrogen-bond donors (Lipinski definition) is 0. The molecule has 1 saturated heterocycles. The van der Waals surface area contributed by atoms with E-state index in [0.717, 1.165) is 57.1 Å². The first-order valence-corrected chi connectivity index (χ1v) is 7.42. The van der Waals surface area contributed by atoms with Crippen LogP contribution in [0.1, 0.15) is 29.4 Å². The van der Waals surface area contributed by atoms with Gasteiger partial charge in [-0.25, -0.2) is 4.68 Å². The van der Waals surface area contributed by atoms with Gasteiger partial charge in [0.05, 0.1) is 6.54 Å². The normalized spacial score (nSPS) is 19.0. The van der Waals surface area contributed by atoms with Crippen LogP contribution in [0.5, 0.6) is 5.88 Å². The van der Waals surface area contributed by atoms with Crippen molar-refractivity contribution in [1.29, 1.82) is 0 Å². The second kappa shape index (κ2) is 5.44. The standard InChI is InChI=1S/C14H22N4O2/c1-3-4-16-5-7-17(8-6-16)13(19)12-11(2)14-18(15-12)9-10-20-14/h3-10H2,1-2H3. The first-order valence-electron chi connectivity index (χ1n) is 7.42. The number of ether oxygens (including phenoxy) is 1. The molecule has 0 aromatic carbocycles. The molecule has 1 aromatic rings. The van der Waals surface area contributed by atoms with Crippen molar-refractivity contribution in [1.82, 2.24) is 19.6 Å². The smallest absolute Gasteiger partial charge is 0.274 e. The van der Waals surface area contributed by atoms with E-state index in [0.29, 0.717) is 12.3 Å². The summed E-state index contributed by atoms with van der Waals surface area (Å²) in [4.78, 5) is 16.9. The molecule has 0 bridgehead atoms. The molecule has 6 heteroatoms. The van der Waals surface area contributed by atoms with Crippen LogP contribution in [0.15, 0.2) is 0 Å². The van der Waals surface area contributed by atoms with Gasteiger partial charge in [-0.1, -0.05) is 6.92 Å². The third-order valence-electron chi connectivity index (χ3n) is 4.07. The monoisotopic (exact) mass is 278 g/mol. The summed E-state index contributed by atoms with van der Waals surface area (Å²) in [5, 5.41) is 4.41. The van der Waals surface area contributed by atoms with Gasteiger partial charge in [0.15, 0.2) is 5.69 Å². The molecule has 0 saturated carbocycles. The number of aromatic nitrogens is 2. The second-order valence-corrected chi connectivity index (χ2v) is 5.48. The fraction of sp³-hybridized carbons (Fsp3) is 0.714. The number of hydrogen-bond acceptors (Lipinski definition) is 4. The minimum atomic E-state index is 0.0455. The van der Waals surface area contributed by atoms with Crippen LogP contribution < -0.4 is 4.74 Å². The molecule has 0 atom stereocenters. The molecular weight excluding hydrogens is 256 g/mol. The van der Waals surface area contributed by atoms with Crippen molar-refractivity contribution in [3.8, 4) is 5.88 Å². The van der Waals surface area contributed by atoms with Gasteiger partial charge in [-0.3, -0.25) is 9.69 Å². The highest BCUT2D eigenvalue weighted by Crippen LogP contribution is 2.26. The van der Waals surface area contributed by atoms with Gasteiger partial charge in [0, 0.05) is 31.7 Å². The summed E-state index contributed by atoms with van der Waals surface area (Å²) in [6.45, 7) is 10.1. The molecule has 0 radical (unpaired) electrons. The zero-order valence-corrected chi connectivity index (χ0v) is 12.3. The minimum Gasteiger partial charge on any atom is -0.476 e. The number of piperazine rings is 1. The number of carbonyl (C=O) groups excluding carboxylic acids is 1. The summed E-state index contributed by atoms with van der Waals surface area (Å²) in [6, 6.07) is 0. The van der Waals surface area contributed by atoms with Gasteiger partial charge in [-0.05, 0) is 19.9 Å². The lowest BCUT2D eigenvalue weighted by Crippen LogP contribution is -2.49. The van der Waals surface area contributed by atoms with Gasteiger partial charge in [0.2, 0.25) is 5.88 Å². The van der Waals surface area contributed by atoms with Crippen LogP contribution in [0.25, 0.3) is 0 Å². The van der Waals surface area contributed by atoms with Crippen LogP contribution in [0, 0.1) is 6.92 Å². The molecule has 1 aromatic heterocycles. The Labute approximate surface area is 119 Å². The number of carbonyl (C=O) groups is 1. The molecule has 1 amide bonds. The first-order chi connectivity index (χ1) is 9.70. The quantitative estimate of drug-likeness (QED) is 0.819. The van der Waals surface area contributed by atoms with Gasteiger partial charge in [-0.2, -0.15) is 5.10 Å². The maximum Gasteiger partial charge on any atom is 0.274 e. The third-order valence-corrected chi connectivity index (χ3v) is 4.07. The predicted octanol–water partition coefficient (Wildman–Crippen LogP) is 0.752. The van der Waals surface area contributed by atoms with E-state index in [2.05, 4.69) is 16.9 Å². The van der Waals surface area contributed by atoms with E-state index in [-0.39, 0.29) is 5.91 Å².